The van der Waals surface area contributed by atoms with Crippen molar-refractivity contribution >= 4 is 33.1 Å². The summed E-state index contributed by atoms with van der Waals surface area (Å²) < 4.78 is 6.16. The molecule has 6 aliphatic rings. The molecule has 4 aliphatic carbocycles. The molecule has 9 rings (SSSR count). The minimum absolute atomic E-state index is 0.00543. The van der Waals surface area contributed by atoms with Crippen LogP contribution in [0.4, 0.5) is 0 Å². The molecule has 2 aliphatic heterocycles. The summed E-state index contributed by atoms with van der Waals surface area (Å²) in [7, 11) is 3.43. The fourth-order valence-electron chi connectivity index (χ4n) is 12.2. The van der Waals surface area contributed by atoms with Gasteiger partial charge in [0, 0.05) is 53.0 Å². The zero-order valence-corrected chi connectivity index (χ0v) is 38.8. The number of aryl methyl sites for hydroxylation is 1. The number of hydrogen-bond donors (Lipinski definition) is 7. The van der Waals surface area contributed by atoms with Crippen molar-refractivity contribution in [2.24, 2.45) is 39.1 Å². The van der Waals surface area contributed by atoms with E-state index >= 15 is 0 Å². The number of hydrogen-bond acceptors (Lipinski definition) is 13. The van der Waals surface area contributed by atoms with Crippen LogP contribution in [0.15, 0.2) is 89.3 Å². The lowest BCUT2D eigenvalue weighted by atomic mass is 9.53. The molecule has 9 N–H and O–H groups in total. The maximum absolute atomic E-state index is 14.2. The van der Waals surface area contributed by atoms with Gasteiger partial charge in [-0.05, 0) is 145 Å². The van der Waals surface area contributed by atoms with Crippen molar-refractivity contribution in [3.8, 4) is 29.1 Å². The van der Waals surface area contributed by atoms with Gasteiger partial charge in [-0.25, -0.2) is 0 Å². The second-order valence-electron chi connectivity index (χ2n) is 19.5. The van der Waals surface area contributed by atoms with Gasteiger partial charge in [-0.1, -0.05) is 70.2 Å². The van der Waals surface area contributed by atoms with Gasteiger partial charge in [0.25, 0.3) is 0 Å². The van der Waals surface area contributed by atoms with Crippen LogP contribution in [0.1, 0.15) is 122 Å². The van der Waals surface area contributed by atoms with E-state index in [0.717, 1.165) is 59.9 Å². The van der Waals surface area contributed by atoms with E-state index in [9.17, 15) is 35.4 Å². The maximum Gasteiger partial charge on any atom is 0.161 e. The lowest BCUT2D eigenvalue weighted by molar-refractivity contribution is -0.307. The number of carbonyl (C=O) groups excluding carboxylic acids is 1. The molecule has 66 heavy (non-hydrogen) atoms. The van der Waals surface area contributed by atoms with Crippen LogP contribution in [-0.4, -0.2) is 67.7 Å². The molecule has 3 aromatic rings. The number of rotatable bonds is 6. The molecule has 7 atom stereocenters. The number of carbonyl (C=O) groups is 1. The van der Waals surface area contributed by atoms with Gasteiger partial charge < -0.3 is 46.8 Å². The Hall–Kier alpha value is -4.52. The van der Waals surface area contributed by atoms with Crippen molar-refractivity contribution in [1.29, 1.82) is 0 Å². The standard InChI is InChI=1S/C53H61N3O8S2/c54-50(55)41-23-34-3-1-6-45-39(15-19-56-45)48(62)25-42-40(34)24-36(41)28-65-66-31-52-26-35-13-18-53(52,63)30-51(29-52,44(35)5-2-4-38(59)27-57)17-14-37(58)10-7-32-9-12-47(61)49(22-32)64-20-16-33-8-11-46(60)43(42)21-33/h8-9,11-12,14-15,17,19,21-24,35,38,42,44,50,57,59-63H,2,4-7,10,13,16,18,20,25-31,54-55H2/p-1/b17-14-,48-39?/t35-,38+,42-,44+,51-,52+,53+/m1/s1. The number of nitrogens with zero attached hydrogens (tertiary/aromatic N) is 1. The Balaban J connectivity index is 1.10. The number of allylic oxidation sites excluding steroid dienone is 5. The molecule has 0 amide bonds. The first-order valence-corrected chi connectivity index (χ1v) is 25.8. The molecule has 2 heterocycles. The molecule has 3 aromatic carbocycles. The summed E-state index contributed by atoms with van der Waals surface area (Å²) in [6.45, 7) is -0.0608. The van der Waals surface area contributed by atoms with Crippen LogP contribution in [0, 0.1) is 34.5 Å². The van der Waals surface area contributed by atoms with Crippen molar-refractivity contribution in [3.05, 3.63) is 123 Å². The fraction of sp³-hybridized carbons (Fsp3) is 0.472. The monoisotopic (exact) mass is 930 g/mol. The molecule has 11 nitrogen and oxygen atoms in total. The average Bonchev–Trinajstić information content (AvgIpc) is 3.83. The number of ether oxygens (including phenoxy) is 1. The van der Waals surface area contributed by atoms with Crippen molar-refractivity contribution < 1.29 is 40.2 Å². The SMILES string of the molecule is NC(N)c1cc2c3cc1CSSC[C@@]14C[C@H]5CC[C@]1(O)C[C@@](/C=C\C(=O)CCc1ccc(O)c(c1)OCCc1ccc(O)c(c1)[C@@H]3CC([O-])=C1C=CN=C1CC#C2)(C4)[C@H]5CCC[C@H](O)CO. The maximum atomic E-state index is 14.2. The first kappa shape index (κ1) is 46.6. The average molecular weight is 931 g/mol. The molecule has 9 bridgehead atoms. The molecule has 0 saturated heterocycles. The summed E-state index contributed by atoms with van der Waals surface area (Å²) in [5, 5.41) is 69.2. The molecule has 3 fully saturated rings. The van der Waals surface area contributed by atoms with Crippen LogP contribution >= 0.6 is 21.6 Å². The predicted molar refractivity (Wildman–Crippen MR) is 258 cm³/mol. The van der Waals surface area contributed by atoms with Crippen molar-refractivity contribution in [2.75, 3.05) is 19.0 Å². The third kappa shape index (κ3) is 9.23. The molecule has 0 aromatic heterocycles. The smallest absolute Gasteiger partial charge is 0.161 e. The van der Waals surface area contributed by atoms with Crippen LogP contribution in [0.5, 0.6) is 17.2 Å². The van der Waals surface area contributed by atoms with Gasteiger partial charge in [0.1, 0.15) is 5.75 Å². The molecule has 0 unspecified atom stereocenters. The Morgan fingerprint density at radius 2 is 1.80 bits per heavy atom. The Labute approximate surface area is 394 Å². The van der Waals surface area contributed by atoms with Crippen molar-refractivity contribution in [1.82, 2.24) is 0 Å². The number of aliphatic hydroxyl groups is 3. The van der Waals surface area contributed by atoms with Crippen LogP contribution in [0.25, 0.3) is 0 Å². The molecule has 348 valence electrons. The fourth-order valence-corrected chi connectivity index (χ4v) is 15.0. The number of benzene rings is 3. The third-order valence-corrected chi connectivity index (χ3v) is 17.9. The van der Waals surface area contributed by atoms with E-state index in [1.54, 1.807) is 64.2 Å². The van der Waals surface area contributed by atoms with Gasteiger partial charge in [0.15, 0.2) is 17.3 Å². The molecular weight excluding hydrogens is 871 g/mol. The second-order valence-corrected chi connectivity index (χ2v) is 22.0. The third-order valence-electron chi connectivity index (χ3n) is 15.5. The molecule has 0 radical (unpaired) electrons. The first-order chi connectivity index (χ1) is 31.8. The Morgan fingerprint density at radius 1 is 0.985 bits per heavy atom. The highest BCUT2D eigenvalue weighted by molar-refractivity contribution is 8.76. The van der Waals surface area contributed by atoms with E-state index in [4.69, 9.17) is 16.2 Å². The highest BCUT2D eigenvalue weighted by atomic mass is 33.1. The van der Waals surface area contributed by atoms with E-state index in [-0.39, 0.29) is 60.4 Å². The molecule has 3 saturated carbocycles. The van der Waals surface area contributed by atoms with Crippen LogP contribution in [-0.2, 0) is 23.4 Å². The summed E-state index contributed by atoms with van der Waals surface area (Å²) in [6.07, 6.45) is 13.1. The Kier molecular flexibility index (Phi) is 13.6. The minimum atomic E-state index is -0.909. The second kappa shape index (κ2) is 19.2. The number of aliphatic hydroxyl groups excluding tert-OH is 2. The minimum Gasteiger partial charge on any atom is -0.875 e. The van der Waals surface area contributed by atoms with Gasteiger partial charge in [-0.15, -0.1) is 5.76 Å². The number of phenols is 2. The van der Waals surface area contributed by atoms with Crippen molar-refractivity contribution in [2.45, 2.75) is 113 Å². The van der Waals surface area contributed by atoms with Gasteiger partial charge in [0.05, 0.1) is 43.2 Å². The number of aromatic hydroxyl groups is 2. The summed E-state index contributed by atoms with van der Waals surface area (Å²) in [5.74, 6) is 8.08. The molecule has 13 heteroatoms. The molecule has 1 spiro atoms. The molecular formula is C53H60N3O8S2-. The van der Waals surface area contributed by atoms with Crippen LogP contribution in [0.3, 0.4) is 0 Å². The Bertz CT molecular complexity index is 2560. The van der Waals surface area contributed by atoms with Gasteiger partial charge in [-0.3, -0.25) is 9.79 Å². The normalized spacial score (nSPS) is 29.5. The zero-order valence-electron chi connectivity index (χ0n) is 37.2. The largest absolute Gasteiger partial charge is 0.875 e. The number of fused-ring (bicyclic) bond motifs is 8. The van der Waals surface area contributed by atoms with Crippen LogP contribution < -0.4 is 21.3 Å². The number of phenolic OH excluding ortho intramolecular Hbond substituents is 2. The van der Waals surface area contributed by atoms with Crippen molar-refractivity contribution in [3.63, 3.8) is 0 Å². The lowest BCUT2D eigenvalue weighted by Crippen LogP contribution is -2.52. The van der Waals surface area contributed by atoms with Crippen LogP contribution in [0.2, 0.25) is 0 Å². The lowest BCUT2D eigenvalue weighted by Gasteiger charge is -2.54. The van der Waals surface area contributed by atoms with E-state index in [2.05, 4.69) is 29.0 Å². The summed E-state index contributed by atoms with van der Waals surface area (Å²) in [4.78, 5) is 18.2. The number of nitrogens with two attached hydrogens (primary N) is 2. The summed E-state index contributed by atoms with van der Waals surface area (Å²) >= 11 is 0. The van der Waals surface area contributed by atoms with E-state index < -0.39 is 29.2 Å². The van der Waals surface area contributed by atoms with Gasteiger partial charge >= 0.3 is 0 Å². The number of aliphatic imine (C=N–C) groups is 1. The van der Waals surface area contributed by atoms with Gasteiger partial charge in [-0.2, -0.15) is 0 Å². The highest BCUT2D eigenvalue weighted by Gasteiger charge is 2.70. The highest BCUT2D eigenvalue weighted by Crippen LogP contribution is 2.73. The zero-order chi connectivity index (χ0) is 46.2. The first-order valence-electron chi connectivity index (χ1n) is 23.3. The van der Waals surface area contributed by atoms with Gasteiger partial charge in [0.2, 0.25) is 0 Å². The quantitative estimate of drug-likeness (QED) is 0.0764. The van der Waals surface area contributed by atoms with E-state index in [1.807, 2.05) is 18.2 Å². The topological polar surface area (TPSA) is 215 Å². The number of ketones is 1. The van der Waals surface area contributed by atoms with E-state index in [1.165, 1.54) is 0 Å². The predicted octanol–water partition coefficient (Wildman–Crippen LogP) is 6.90. The Morgan fingerprint density at radius 3 is 2.62 bits per heavy atom. The summed E-state index contributed by atoms with van der Waals surface area (Å²) in [6, 6.07) is 14.6. The van der Waals surface area contributed by atoms with E-state index in [0.29, 0.717) is 84.1 Å². The summed E-state index contributed by atoms with van der Waals surface area (Å²) in [5.41, 5.74) is 17.9.